The van der Waals surface area contributed by atoms with Crippen molar-refractivity contribution < 1.29 is 0 Å². The molecule has 0 unspecified atom stereocenters. The van der Waals surface area contributed by atoms with Gasteiger partial charge in [-0.25, -0.2) is 0 Å². The van der Waals surface area contributed by atoms with Crippen molar-refractivity contribution in [2.45, 2.75) is 19.3 Å². The molecule has 248 valence electrons. The van der Waals surface area contributed by atoms with E-state index in [0.29, 0.717) is 0 Å². The summed E-state index contributed by atoms with van der Waals surface area (Å²) < 4.78 is 0. The summed E-state index contributed by atoms with van der Waals surface area (Å²) in [6, 6.07) is 68.0. The number of benzene rings is 10. The topological polar surface area (TPSA) is 0 Å². The summed E-state index contributed by atoms with van der Waals surface area (Å²) in [4.78, 5) is 0. The number of rotatable bonds is 3. The first-order valence-electron chi connectivity index (χ1n) is 18.7. The number of fused-ring (bicyclic) bond motifs is 10. The van der Waals surface area contributed by atoms with Gasteiger partial charge < -0.3 is 0 Å². The summed E-state index contributed by atoms with van der Waals surface area (Å²) in [5, 5.41) is 12.9. The van der Waals surface area contributed by atoms with Gasteiger partial charge in [0.25, 0.3) is 0 Å². The molecule has 1 aliphatic rings. The van der Waals surface area contributed by atoms with Gasteiger partial charge in [0.1, 0.15) is 0 Å². The van der Waals surface area contributed by atoms with Gasteiger partial charge in [0, 0.05) is 5.41 Å². The minimum atomic E-state index is -0.129. The molecular formula is C53H36. The highest BCUT2D eigenvalue weighted by atomic mass is 14.4. The molecule has 0 amide bonds. The van der Waals surface area contributed by atoms with E-state index < -0.39 is 0 Å². The third kappa shape index (κ3) is 4.49. The lowest BCUT2D eigenvalue weighted by atomic mass is 9.80. The minimum absolute atomic E-state index is 0.129. The normalized spacial score (nSPS) is 13.2. The Balaban J connectivity index is 1.05. The molecule has 0 spiro atoms. The first-order valence-corrected chi connectivity index (χ1v) is 18.7. The van der Waals surface area contributed by atoms with Crippen molar-refractivity contribution in [2.24, 2.45) is 0 Å². The van der Waals surface area contributed by atoms with Crippen molar-refractivity contribution in [1.29, 1.82) is 0 Å². The van der Waals surface area contributed by atoms with Gasteiger partial charge in [-0.15, -0.1) is 0 Å². The van der Waals surface area contributed by atoms with Crippen molar-refractivity contribution in [2.75, 3.05) is 0 Å². The van der Waals surface area contributed by atoms with Crippen LogP contribution in [0.2, 0.25) is 0 Å². The molecule has 0 heterocycles. The van der Waals surface area contributed by atoms with Gasteiger partial charge in [0.2, 0.25) is 0 Å². The molecule has 0 radical (unpaired) electrons. The molecule has 10 aromatic carbocycles. The highest BCUT2D eigenvalue weighted by Crippen LogP contribution is 2.51. The monoisotopic (exact) mass is 672 g/mol. The van der Waals surface area contributed by atoms with Gasteiger partial charge >= 0.3 is 0 Å². The summed E-state index contributed by atoms with van der Waals surface area (Å²) in [7, 11) is 0. The first-order chi connectivity index (χ1) is 26.0. The molecule has 0 aromatic heterocycles. The van der Waals surface area contributed by atoms with E-state index in [-0.39, 0.29) is 5.41 Å². The standard InChI is InChI=1S/C53H36/c1-53(2)51-30-37(36-20-19-33-11-3-4-13-35(33)29-36)22-25-47(51)48-26-23-38(31-52(48)53)40-27-28-46(42-16-8-7-15-41(40)42)50-32-49-39-14-6-5-12-34(39)21-24-45(49)43-17-9-10-18-44(43)50/h3-32H,1-2H3. The third-order valence-corrected chi connectivity index (χ3v) is 12.1. The van der Waals surface area contributed by atoms with E-state index in [0.717, 1.165) is 0 Å². The SMILES string of the molecule is CC1(C)c2cc(-c3ccc4ccccc4c3)ccc2-c2ccc(-c3ccc(-c4cc5c6ccccc6ccc5c5ccccc45)c4ccccc34)cc21. The van der Waals surface area contributed by atoms with E-state index in [1.807, 2.05) is 0 Å². The summed E-state index contributed by atoms with van der Waals surface area (Å²) >= 11 is 0. The summed E-state index contributed by atoms with van der Waals surface area (Å²) in [5.74, 6) is 0. The summed E-state index contributed by atoms with van der Waals surface area (Å²) in [6.07, 6.45) is 0. The maximum absolute atomic E-state index is 2.46. The molecule has 0 saturated heterocycles. The smallest absolute Gasteiger partial charge is 0.0159 e. The maximum atomic E-state index is 2.46. The van der Waals surface area contributed by atoms with Crippen LogP contribution in [0, 0.1) is 0 Å². The predicted molar refractivity (Wildman–Crippen MR) is 228 cm³/mol. The molecular weight excluding hydrogens is 637 g/mol. The van der Waals surface area contributed by atoms with E-state index in [9.17, 15) is 0 Å². The Morgan fingerprint density at radius 1 is 0.264 bits per heavy atom. The fourth-order valence-electron chi connectivity index (χ4n) is 9.32. The van der Waals surface area contributed by atoms with Gasteiger partial charge in [-0.2, -0.15) is 0 Å². The zero-order valence-electron chi connectivity index (χ0n) is 29.8. The van der Waals surface area contributed by atoms with Crippen molar-refractivity contribution >= 4 is 53.9 Å². The van der Waals surface area contributed by atoms with E-state index in [2.05, 4.69) is 196 Å². The Bertz CT molecular complexity index is 3140. The first kappa shape index (κ1) is 30.2. The van der Waals surface area contributed by atoms with Gasteiger partial charge in [0.05, 0.1) is 0 Å². The Hall–Kier alpha value is -6.50. The highest BCUT2D eigenvalue weighted by molar-refractivity contribution is 6.22. The Morgan fingerprint density at radius 3 is 1.49 bits per heavy atom. The second-order valence-corrected chi connectivity index (χ2v) is 15.3. The predicted octanol–water partition coefficient (Wildman–Crippen LogP) is 14.8. The Kier molecular flexibility index (Phi) is 6.40. The maximum Gasteiger partial charge on any atom is 0.0159 e. The zero-order valence-corrected chi connectivity index (χ0v) is 29.8. The second-order valence-electron chi connectivity index (χ2n) is 15.3. The average molecular weight is 673 g/mol. The average Bonchev–Trinajstić information content (AvgIpc) is 3.44. The molecule has 11 rings (SSSR count). The number of hydrogen-bond donors (Lipinski definition) is 0. The fraction of sp³-hybridized carbons (Fsp3) is 0.0566. The summed E-state index contributed by atoms with van der Waals surface area (Å²) in [5.41, 5.74) is 13.0. The molecule has 53 heavy (non-hydrogen) atoms. The van der Waals surface area contributed by atoms with E-state index in [1.54, 1.807) is 0 Å². The summed E-state index contributed by atoms with van der Waals surface area (Å²) in [6.45, 7) is 4.78. The lowest BCUT2D eigenvalue weighted by Gasteiger charge is -2.23. The second kappa shape index (κ2) is 11.2. The highest BCUT2D eigenvalue weighted by Gasteiger charge is 2.36. The molecule has 10 aromatic rings. The molecule has 0 fully saturated rings. The van der Waals surface area contributed by atoms with Crippen LogP contribution in [0.4, 0.5) is 0 Å². The van der Waals surface area contributed by atoms with Crippen LogP contribution in [0.15, 0.2) is 182 Å². The molecule has 0 heteroatoms. The fourth-order valence-corrected chi connectivity index (χ4v) is 9.32. The van der Waals surface area contributed by atoms with Crippen molar-refractivity contribution in [3.05, 3.63) is 193 Å². The minimum Gasteiger partial charge on any atom is -0.0616 e. The molecule has 1 aliphatic carbocycles. The van der Waals surface area contributed by atoms with Crippen LogP contribution in [0.1, 0.15) is 25.0 Å². The lowest BCUT2D eigenvalue weighted by Crippen LogP contribution is -2.15. The van der Waals surface area contributed by atoms with E-state index in [4.69, 9.17) is 0 Å². The third-order valence-electron chi connectivity index (χ3n) is 12.1. The Labute approximate surface area is 309 Å². The molecule has 0 atom stereocenters. The van der Waals surface area contributed by atoms with E-state index in [1.165, 1.54) is 109 Å². The van der Waals surface area contributed by atoms with Crippen LogP contribution in [0.25, 0.3) is 98.4 Å². The van der Waals surface area contributed by atoms with Crippen molar-refractivity contribution in [3.63, 3.8) is 0 Å². The molecule has 0 saturated carbocycles. The molecule has 0 bridgehead atoms. The molecule has 0 nitrogen and oxygen atoms in total. The lowest BCUT2D eigenvalue weighted by molar-refractivity contribution is 0.661. The Morgan fingerprint density at radius 2 is 0.736 bits per heavy atom. The van der Waals surface area contributed by atoms with Crippen molar-refractivity contribution in [1.82, 2.24) is 0 Å². The van der Waals surface area contributed by atoms with Gasteiger partial charge in [-0.05, 0) is 134 Å². The van der Waals surface area contributed by atoms with Gasteiger partial charge in [0.15, 0.2) is 0 Å². The number of hydrogen-bond acceptors (Lipinski definition) is 0. The van der Waals surface area contributed by atoms with Crippen LogP contribution < -0.4 is 0 Å². The van der Waals surface area contributed by atoms with Gasteiger partial charge in [-0.3, -0.25) is 0 Å². The molecule has 0 aliphatic heterocycles. The quantitative estimate of drug-likeness (QED) is 0.164. The van der Waals surface area contributed by atoms with E-state index >= 15 is 0 Å². The van der Waals surface area contributed by atoms with Gasteiger partial charge in [-0.1, -0.05) is 172 Å². The van der Waals surface area contributed by atoms with Crippen LogP contribution in [0.3, 0.4) is 0 Å². The van der Waals surface area contributed by atoms with Crippen LogP contribution in [0.5, 0.6) is 0 Å². The van der Waals surface area contributed by atoms with Crippen LogP contribution >= 0.6 is 0 Å². The largest absolute Gasteiger partial charge is 0.0616 e. The van der Waals surface area contributed by atoms with Crippen LogP contribution in [-0.2, 0) is 5.41 Å². The zero-order chi connectivity index (χ0) is 35.3. The molecule has 0 N–H and O–H groups in total. The van der Waals surface area contributed by atoms with Crippen LogP contribution in [-0.4, -0.2) is 0 Å². The van der Waals surface area contributed by atoms with Crippen molar-refractivity contribution in [3.8, 4) is 44.5 Å².